The maximum absolute atomic E-state index is 13.9. The molecular formula is C18H28FNO. The Bertz CT molecular complexity index is 488. The number of benzene rings is 1. The van der Waals surface area contributed by atoms with E-state index in [1.807, 2.05) is 19.2 Å². The highest BCUT2D eigenvalue weighted by atomic mass is 19.1. The summed E-state index contributed by atoms with van der Waals surface area (Å²) in [6, 6.07) is 5.54. The van der Waals surface area contributed by atoms with E-state index in [0.717, 1.165) is 31.2 Å². The molecule has 1 N–H and O–H groups in total. The van der Waals surface area contributed by atoms with Gasteiger partial charge in [-0.2, -0.15) is 0 Å². The molecule has 1 aromatic rings. The van der Waals surface area contributed by atoms with Crippen LogP contribution in [-0.4, -0.2) is 19.8 Å². The summed E-state index contributed by atoms with van der Waals surface area (Å²) in [5, 5.41) is 3.36. The Morgan fingerprint density at radius 2 is 1.81 bits per heavy atom. The van der Waals surface area contributed by atoms with Crippen molar-refractivity contribution in [2.75, 3.05) is 14.2 Å². The SMILES string of the molecule is CNC(c1ccc(C)c(F)c1)C1(OC)CCC(C)(C)CC1. The largest absolute Gasteiger partial charge is 0.376 e. The van der Waals surface area contributed by atoms with Gasteiger partial charge >= 0.3 is 0 Å². The van der Waals surface area contributed by atoms with Crippen molar-refractivity contribution in [3.8, 4) is 0 Å². The molecule has 1 atom stereocenters. The highest BCUT2D eigenvalue weighted by Gasteiger charge is 2.44. The van der Waals surface area contributed by atoms with Gasteiger partial charge in [0.05, 0.1) is 11.6 Å². The van der Waals surface area contributed by atoms with E-state index in [9.17, 15) is 4.39 Å². The van der Waals surface area contributed by atoms with Crippen LogP contribution in [0.1, 0.15) is 56.7 Å². The third kappa shape index (κ3) is 3.29. The van der Waals surface area contributed by atoms with Gasteiger partial charge in [-0.25, -0.2) is 4.39 Å². The van der Waals surface area contributed by atoms with Crippen LogP contribution in [0.2, 0.25) is 0 Å². The maximum Gasteiger partial charge on any atom is 0.126 e. The molecule has 2 nitrogen and oxygen atoms in total. The Morgan fingerprint density at radius 3 is 2.29 bits per heavy atom. The second-order valence-electron chi connectivity index (χ2n) is 7.16. The summed E-state index contributed by atoms with van der Waals surface area (Å²) < 4.78 is 19.9. The number of halogens is 1. The van der Waals surface area contributed by atoms with E-state index in [4.69, 9.17) is 4.74 Å². The van der Waals surface area contributed by atoms with Crippen molar-refractivity contribution in [2.45, 2.75) is 58.1 Å². The fourth-order valence-electron chi connectivity index (χ4n) is 3.48. The molecule has 0 aromatic heterocycles. The number of hydrogen-bond acceptors (Lipinski definition) is 2. The summed E-state index contributed by atoms with van der Waals surface area (Å²) in [6.45, 7) is 6.42. The van der Waals surface area contributed by atoms with Gasteiger partial charge < -0.3 is 10.1 Å². The predicted molar refractivity (Wildman–Crippen MR) is 84.9 cm³/mol. The van der Waals surface area contributed by atoms with E-state index in [2.05, 4.69) is 19.2 Å². The van der Waals surface area contributed by atoms with Crippen LogP contribution in [0, 0.1) is 18.2 Å². The highest BCUT2D eigenvalue weighted by molar-refractivity contribution is 5.28. The predicted octanol–water partition coefficient (Wildman–Crippen LogP) is 4.38. The molecule has 0 spiro atoms. The van der Waals surface area contributed by atoms with Gasteiger partial charge in [0, 0.05) is 7.11 Å². The first kappa shape index (κ1) is 16.4. The molecule has 0 bridgehead atoms. The van der Waals surface area contributed by atoms with Crippen LogP contribution in [0.5, 0.6) is 0 Å². The smallest absolute Gasteiger partial charge is 0.126 e. The number of hydrogen-bond donors (Lipinski definition) is 1. The Morgan fingerprint density at radius 1 is 1.19 bits per heavy atom. The molecule has 1 aliphatic carbocycles. The van der Waals surface area contributed by atoms with Crippen LogP contribution in [0.3, 0.4) is 0 Å². The van der Waals surface area contributed by atoms with E-state index in [1.54, 1.807) is 20.1 Å². The Kier molecular flexibility index (Phi) is 4.74. The van der Waals surface area contributed by atoms with Crippen LogP contribution >= 0.6 is 0 Å². The number of aryl methyl sites for hydroxylation is 1. The minimum atomic E-state index is -0.244. The Labute approximate surface area is 128 Å². The molecule has 0 heterocycles. The maximum atomic E-state index is 13.9. The molecule has 1 unspecified atom stereocenters. The first-order chi connectivity index (χ1) is 9.83. The zero-order valence-corrected chi connectivity index (χ0v) is 13.9. The zero-order valence-electron chi connectivity index (χ0n) is 13.9. The third-order valence-electron chi connectivity index (χ3n) is 5.20. The lowest BCUT2D eigenvalue weighted by Crippen LogP contribution is -2.48. The average molecular weight is 293 g/mol. The minimum absolute atomic E-state index is 0.0219. The van der Waals surface area contributed by atoms with Gasteiger partial charge in [-0.3, -0.25) is 0 Å². The number of methoxy groups -OCH3 is 1. The van der Waals surface area contributed by atoms with Crippen molar-refractivity contribution in [1.29, 1.82) is 0 Å². The molecule has 3 heteroatoms. The molecule has 1 saturated carbocycles. The fraction of sp³-hybridized carbons (Fsp3) is 0.667. The van der Waals surface area contributed by atoms with Gasteiger partial charge in [-0.05, 0) is 62.3 Å². The van der Waals surface area contributed by atoms with Gasteiger partial charge in [0.25, 0.3) is 0 Å². The van der Waals surface area contributed by atoms with Gasteiger partial charge in [-0.15, -0.1) is 0 Å². The van der Waals surface area contributed by atoms with Crippen molar-refractivity contribution in [3.05, 3.63) is 35.1 Å². The van der Waals surface area contributed by atoms with E-state index < -0.39 is 0 Å². The van der Waals surface area contributed by atoms with Crippen molar-refractivity contribution in [2.24, 2.45) is 5.41 Å². The lowest BCUT2D eigenvalue weighted by Gasteiger charge is -2.47. The summed E-state index contributed by atoms with van der Waals surface area (Å²) in [6.07, 6.45) is 4.26. The van der Waals surface area contributed by atoms with Gasteiger partial charge in [0.2, 0.25) is 0 Å². The monoisotopic (exact) mass is 293 g/mol. The van der Waals surface area contributed by atoms with Crippen LogP contribution in [0.4, 0.5) is 4.39 Å². The van der Waals surface area contributed by atoms with Crippen LogP contribution in [0.25, 0.3) is 0 Å². The molecule has 1 fully saturated rings. The van der Waals surface area contributed by atoms with Gasteiger partial charge in [0.1, 0.15) is 5.82 Å². The van der Waals surface area contributed by atoms with Crippen molar-refractivity contribution >= 4 is 0 Å². The lowest BCUT2D eigenvalue weighted by molar-refractivity contribution is -0.0862. The topological polar surface area (TPSA) is 21.3 Å². The quantitative estimate of drug-likeness (QED) is 0.889. The fourth-order valence-corrected chi connectivity index (χ4v) is 3.48. The first-order valence-electron chi connectivity index (χ1n) is 7.82. The summed E-state index contributed by atoms with van der Waals surface area (Å²) in [7, 11) is 3.72. The molecule has 0 amide bonds. The van der Waals surface area contributed by atoms with Crippen LogP contribution in [-0.2, 0) is 4.74 Å². The summed E-state index contributed by atoms with van der Waals surface area (Å²) in [5.74, 6) is -0.143. The molecule has 2 rings (SSSR count). The molecule has 0 radical (unpaired) electrons. The van der Waals surface area contributed by atoms with E-state index in [1.165, 1.54) is 0 Å². The zero-order chi connectivity index (χ0) is 15.7. The average Bonchev–Trinajstić information content (AvgIpc) is 2.45. The third-order valence-corrected chi connectivity index (χ3v) is 5.20. The van der Waals surface area contributed by atoms with Crippen molar-refractivity contribution < 1.29 is 9.13 Å². The molecule has 0 aliphatic heterocycles. The lowest BCUT2D eigenvalue weighted by atomic mass is 9.67. The second kappa shape index (κ2) is 6.05. The standard InChI is InChI=1S/C18H28FNO/c1-13-6-7-14(12-15(13)19)16(20-4)18(21-5)10-8-17(2,3)9-11-18/h6-7,12,16,20H,8-11H2,1-5H3. The van der Waals surface area contributed by atoms with Crippen molar-refractivity contribution in [1.82, 2.24) is 5.32 Å². The summed E-state index contributed by atoms with van der Waals surface area (Å²) >= 11 is 0. The highest BCUT2D eigenvalue weighted by Crippen LogP contribution is 2.47. The van der Waals surface area contributed by atoms with E-state index in [0.29, 0.717) is 11.0 Å². The minimum Gasteiger partial charge on any atom is -0.376 e. The summed E-state index contributed by atoms with van der Waals surface area (Å²) in [5.41, 5.74) is 1.79. The molecule has 1 aromatic carbocycles. The first-order valence-corrected chi connectivity index (χ1v) is 7.82. The van der Waals surface area contributed by atoms with Gasteiger partial charge in [-0.1, -0.05) is 26.0 Å². The second-order valence-corrected chi connectivity index (χ2v) is 7.16. The van der Waals surface area contributed by atoms with E-state index >= 15 is 0 Å². The number of rotatable bonds is 4. The molecule has 118 valence electrons. The number of nitrogens with one attached hydrogen (secondary N) is 1. The van der Waals surface area contributed by atoms with Gasteiger partial charge in [0.15, 0.2) is 0 Å². The van der Waals surface area contributed by atoms with Crippen molar-refractivity contribution in [3.63, 3.8) is 0 Å². The normalized spacial score (nSPS) is 22.0. The number of ether oxygens (including phenoxy) is 1. The summed E-state index contributed by atoms with van der Waals surface area (Å²) in [4.78, 5) is 0. The Balaban J connectivity index is 2.31. The number of likely N-dealkylation sites (N-methyl/N-ethyl adjacent to an activating group) is 1. The molecule has 0 saturated heterocycles. The van der Waals surface area contributed by atoms with Crippen LogP contribution in [0.15, 0.2) is 18.2 Å². The molecule has 21 heavy (non-hydrogen) atoms. The molecular weight excluding hydrogens is 265 g/mol. The molecule has 1 aliphatic rings. The Hall–Kier alpha value is -0.930. The van der Waals surface area contributed by atoms with E-state index in [-0.39, 0.29) is 17.5 Å². The van der Waals surface area contributed by atoms with Crippen LogP contribution < -0.4 is 5.32 Å².